The van der Waals surface area contributed by atoms with Gasteiger partial charge >= 0.3 is 12.5 Å². The Morgan fingerprint density at radius 3 is 2.50 bits per heavy atom. The smallest absolute Gasteiger partial charge is 0.455 e. The molecule has 0 aliphatic heterocycles. The van der Waals surface area contributed by atoms with Gasteiger partial charge in [0.25, 0.3) is 0 Å². The summed E-state index contributed by atoms with van der Waals surface area (Å²) in [4.78, 5) is 11.6. The van der Waals surface area contributed by atoms with Gasteiger partial charge in [-0.05, 0) is 39.0 Å². The zero-order valence-corrected chi connectivity index (χ0v) is 14.7. The van der Waals surface area contributed by atoms with Crippen LogP contribution in [0.2, 0.25) is 0 Å². The van der Waals surface area contributed by atoms with Crippen LogP contribution in [0.25, 0.3) is 11.0 Å². The lowest BCUT2D eigenvalue weighted by atomic mass is 10.2. The van der Waals surface area contributed by atoms with Crippen molar-refractivity contribution in [1.82, 2.24) is 5.32 Å². The summed E-state index contributed by atoms with van der Waals surface area (Å²) in [6.07, 6.45) is -5.49. The molecule has 1 amide bonds. The van der Waals surface area contributed by atoms with Crippen LogP contribution < -0.4 is 10.1 Å². The minimum absolute atomic E-state index is 0.0350. The lowest BCUT2D eigenvalue weighted by Crippen LogP contribution is -2.32. The number of alkyl halides is 3. The molecule has 0 fully saturated rings. The molecule has 2 aromatic rings. The van der Waals surface area contributed by atoms with E-state index < -0.39 is 23.8 Å². The van der Waals surface area contributed by atoms with Crippen LogP contribution in [0.5, 0.6) is 5.75 Å². The van der Waals surface area contributed by atoms with Gasteiger partial charge in [0.1, 0.15) is 11.4 Å². The van der Waals surface area contributed by atoms with E-state index in [-0.39, 0.29) is 17.9 Å². The second-order valence-corrected chi connectivity index (χ2v) is 6.85. The van der Waals surface area contributed by atoms with E-state index in [1.807, 2.05) is 0 Å². The minimum atomic E-state index is -4.84. The van der Waals surface area contributed by atoms with Gasteiger partial charge in [0.05, 0.1) is 6.54 Å². The molecule has 24 heavy (non-hydrogen) atoms. The van der Waals surface area contributed by atoms with Crippen molar-refractivity contribution in [2.45, 2.75) is 39.3 Å². The molecule has 1 aromatic carbocycles. The zero-order valence-electron chi connectivity index (χ0n) is 13.1. The van der Waals surface area contributed by atoms with Gasteiger partial charge in [-0.1, -0.05) is 15.9 Å². The summed E-state index contributed by atoms with van der Waals surface area (Å²) in [7, 11) is 0. The summed E-state index contributed by atoms with van der Waals surface area (Å²) in [6.45, 7) is 5.11. The number of nitrogens with one attached hydrogen (secondary N) is 1. The van der Waals surface area contributed by atoms with Crippen molar-refractivity contribution in [3.05, 3.63) is 28.4 Å². The number of rotatable bonds is 3. The third-order valence-electron chi connectivity index (χ3n) is 2.63. The van der Waals surface area contributed by atoms with E-state index in [0.29, 0.717) is 9.86 Å². The van der Waals surface area contributed by atoms with Crippen molar-refractivity contribution in [1.29, 1.82) is 0 Å². The van der Waals surface area contributed by atoms with E-state index in [4.69, 9.17) is 9.15 Å². The van der Waals surface area contributed by atoms with Crippen LogP contribution in [0.3, 0.4) is 0 Å². The quantitative estimate of drug-likeness (QED) is 0.764. The van der Waals surface area contributed by atoms with Crippen LogP contribution >= 0.6 is 15.9 Å². The molecule has 0 bridgehead atoms. The summed E-state index contributed by atoms with van der Waals surface area (Å²) in [5, 5.41) is 2.88. The Kier molecular flexibility index (Phi) is 5.03. The Morgan fingerprint density at radius 2 is 1.92 bits per heavy atom. The van der Waals surface area contributed by atoms with Crippen LogP contribution in [0, 0.1) is 0 Å². The Hall–Kier alpha value is -1.90. The van der Waals surface area contributed by atoms with E-state index >= 15 is 0 Å². The monoisotopic (exact) mass is 409 g/mol. The van der Waals surface area contributed by atoms with E-state index in [1.165, 1.54) is 6.07 Å². The van der Waals surface area contributed by atoms with Crippen LogP contribution in [-0.2, 0) is 11.3 Å². The number of ether oxygens (including phenoxy) is 2. The number of furan rings is 1. The number of hydrogen-bond donors (Lipinski definition) is 1. The van der Waals surface area contributed by atoms with Gasteiger partial charge < -0.3 is 19.2 Å². The molecule has 9 heteroatoms. The van der Waals surface area contributed by atoms with Gasteiger partial charge in [-0.2, -0.15) is 0 Å². The number of carbonyl (C=O) groups is 1. The maximum atomic E-state index is 12.5. The fraction of sp³-hybridized carbons (Fsp3) is 0.400. The van der Waals surface area contributed by atoms with Crippen molar-refractivity contribution in [2.75, 3.05) is 0 Å². The fourth-order valence-electron chi connectivity index (χ4n) is 1.90. The molecule has 0 radical (unpaired) electrons. The average molecular weight is 410 g/mol. The minimum Gasteiger partial charge on any atom is -0.455 e. The van der Waals surface area contributed by atoms with Crippen molar-refractivity contribution in [3.63, 3.8) is 0 Å². The largest absolute Gasteiger partial charge is 0.573 e. The third-order valence-corrected chi connectivity index (χ3v) is 3.09. The number of hydrogen-bond acceptors (Lipinski definition) is 4. The van der Waals surface area contributed by atoms with Crippen LogP contribution in [0.1, 0.15) is 26.5 Å². The van der Waals surface area contributed by atoms with Crippen molar-refractivity contribution < 1.29 is 31.9 Å². The summed E-state index contributed by atoms with van der Waals surface area (Å²) in [5.74, 6) is -0.198. The SMILES string of the molecule is CC(C)(C)OC(=O)NCc1cc2cc(Br)cc(OC(F)(F)F)c2o1. The molecule has 0 saturated carbocycles. The zero-order chi connectivity index (χ0) is 18.1. The number of fused-ring (bicyclic) bond motifs is 1. The first-order valence-corrected chi connectivity index (χ1v) is 7.67. The molecule has 132 valence electrons. The first-order valence-electron chi connectivity index (χ1n) is 6.87. The van der Waals surface area contributed by atoms with Crippen molar-refractivity contribution in [3.8, 4) is 5.75 Å². The van der Waals surface area contributed by atoms with Gasteiger partial charge in [0.2, 0.25) is 0 Å². The molecular weight excluding hydrogens is 395 g/mol. The van der Waals surface area contributed by atoms with E-state index in [0.717, 1.165) is 6.07 Å². The molecule has 5 nitrogen and oxygen atoms in total. The summed E-state index contributed by atoms with van der Waals surface area (Å²) >= 11 is 3.12. The van der Waals surface area contributed by atoms with Crippen molar-refractivity contribution in [2.24, 2.45) is 0 Å². The second-order valence-electron chi connectivity index (χ2n) is 5.94. The lowest BCUT2D eigenvalue weighted by molar-refractivity contribution is -0.274. The van der Waals surface area contributed by atoms with Gasteiger partial charge in [-0.3, -0.25) is 0 Å². The van der Waals surface area contributed by atoms with Gasteiger partial charge in [0.15, 0.2) is 11.3 Å². The van der Waals surface area contributed by atoms with Crippen LogP contribution in [0.4, 0.5) is 18.0 Å². The molecule has 0 unspecified atom stereocenters. The molecule has 0 spiro atoms. The van der Waals surface area contributed by atoms with Gasteiger partial charge in [-0.15, -0.1) is 13.2 Å². The number of alkyl carbamates (subject to hydrolysis) is 1. The van der Waals surface area contributed by atoms with E-state index in [2.05, 4.69) is 26.0 Å². The van der Waals surface area contributed by atoms with E-state index in [1.54, 1.807) is 26.8 Å². The van der Waals surface area contributed by atoms with E-state index in [9.17, 15) is 18.0 Å². The molecular formula is C15H15BrF3NO4. The maximum Gasteiger partial charge on any atom is 0.573 e. The van der Waals surface area contributed by atoms with Gasteiger partial charge in [-0.25, -0.2) is 4.79 Å². The average Bonchev–Trinajstić information content (AvgIpc) is 2.75. The third kappa shape index (κ3) is 5.33. The number of benzene rings is 1. The molecule has 1 aromatic heterocycles. The van der Waals surface area contributed by atoms with Crippen molar-refractivity contribution >= 4 is 33.0 Å². The predicted octanol–water partition coefficient (Wildman–Crippen LogP) is 5.12. The predicted molar refractivity (Wildman–Crippen MR) is 83.7 cm³/mol. The lowest BCUT2D eigenvalue weighted by Gasteiger charge is -2.19. The Balaban J connectivity index is 2.19. The van der Waals surface area contributed by atoms with Crippen LogP contribution in [0.15, 0.2) is 27.1 Å². The molecule has 0 aliphatic rings. The Morgan fingerprint density at radius 1 is 1.25 bits per heavy atom. The van der Waals surface area contributed by atoms with Gasteiger partial charge in [0, 0.05) is 9.86 Å². The Bertz CT molecular complexity index is 749. The highest BCUT2D eigenvalue weighted by Crippen LogP contribution is 2.35. The number of halogens is 4. The first-order chi connectivity index (χ1) is 10.9. The standard InChI is InChI=1S/C15H15BrF3NO4/c1-14(2,3)24-13(21)20-7-10-5-8-4-9(16)6-11(12(8)22-10)23-15(17,18)19/h4-6H,7H2,1-3H3,(H,20,21). The molecule has 0 aliphatic carbocycles. The topological polar surface area (TPSA) is 60.7 Å². The molecule has 0 atom stereocenters. The Labute approximate surface area is 144 Å². The molecule has 1 N–H and O–H groups in total. The number of carbonyl (C=O) groups excluding carboxylic acids is 1. The first kappa shape index (κ1) is 18.4. The van der Waals surface area contributed by atoms with Crippen LogP contribution in [-0.4, -0.2) is 18.1 Å². The summed E-state index contributed by atoms with van der Waals surface area (Å²) in [5.41, 5.74) is -0.715. The highest BCUT2D eigenvalue weighted by molar-refractivity contribution is 9.10. The summed E-state index contributed by atoms with van der Waals surface area (Å²) in [6, 6.07) is 4.25. The summed E-state index contributed by atoms with van der Waals surface area (Å²) < 4.78 is 52.2. The highest BCUT2D eigenvalue weighted by atomic mass is 79.9. The maximum absolute atomic E-state index is 12.5. The molecule has 2 rings (SSSR count). The number of amides is 1. The highest BCUT2D eigenvalue weighted by Gasteiger charge is 2.32. The molecule has 0 saturated heterocycles. The fourth-order valence-corrected chi connectivity index (χ4v) is 2.35. The second kappa shape index (κ2) is 6.54. The molecule has 1 heterocycles. The normalized spacial score (nSPS) is 12.3.